The smallest absolute Gasteiger partial charge is 0.308 e. The number of hydrogen-bond donors (Lipinski definition) is 2. The number of hydrogen-bond acceptors (Lipinski definition) is 3. The number of aromatic amines is 1. The summed E-state index contributed by atoms with van der Waals surface area (Å²) in [7, 11) is 0. The topological polar surface area (TPSA) is 54.1 Å². The highest BCUT2D eigenvalue weighted by Gasteiger charge is 2.20. The molecule has 102 valence electrons. The van der Waals surface area contributed by atoms with Crippen LogP contribution in [-0.4, -0.2) is 23.9 Å². The van der Waals surface area contributed by atoms with E-state index in [0.717, 1.165) is 24.2 Å². The fourth-order valence-corrected chi connectivity index (χ4v) is 2.51. The van der Waals surface area contributed by atoms with Gasteiger partial charge in [-0.25, -0.2) is 0 Å². The Morgan fingerprint density at radius 3 is 2.84 bits per heavy atom. The molecule has 0 amide bonds. The number of esters is 1. The summed E-state index contributed by atoms with van der Waals surface area (Å²) in [6.07, 6.45) is 4.45. The molecular weight excluding hydrogens is 264 g/mol. The van der Waals surface area contributed by atoms with Gasteiger partial charge in [-0.05, 0) is 24.5 Å². The van der Waals surface area contributed by atoms with Crippen molar-refractivity contribution in [1.29, 1.82) is 0 Å². The molecule has 1 aliphatic heterocycles. The van der Waals surface area contributed by atoms with Gasteiger partial charge in [0.25, 0.3) is 0 Å². The molecule has 2 heterocycles. The lowest BCUT2D eigenvalue weighted by Crippen LogP contribution is -2.02. The number of carbonyl (C=O) groups excluding carboxylic acids is 1. The Morgan fingerprint density at radius 2 is 2.16 bits per heavy atom. The zero-order valence-electron chi connectivity index (χ0n) is 11.3. The van der Waals surface area contributed by atoms with Gasteiger partial charge in [0.05, 0.1) is 5.52 Å². The molecule has 0 aliphatic carbocycles. The molecule has 2 aromatic rings. The predicted molar refractivity (Wildman–Crippen MR) is 78.3 cm³/mol. The summed E-state index contributed by atoms with van der Waals surface area (Å²) in [4.78, 5) is 14.3. The van der Waals surface area contributed by atoms with Gasteiger partial charge in [-0.1, -0.05) is 0 Å². The number of aryl methyl sites for hydroxylation is 1. The first kappa shape index (κ1) is 13.7. The van der Waals surface area contributed by atoms with Crippen LogP contribution in [0.15, 0.2) is 12.3 Å². The van der Waals surface area contributed by atoms with Crippen LogP contribution in [0.5, 0.6) is 5.75 Å². The Kier molecular flexibility index (Phi) is 4.00. The minimum Gasteiger partial charge on any atom is -0.424 e. The van der Waals surface area contributed by atoms with Crippen molar-refractivity contribution in [2.45, 2.75) is 20.3 Å². The van der Waals surface area contributed by atoms with Crippen LogP contribution >= 0.6 is 11.6 Å². The minimum absolute atomic E-state index is 0.295. The fourth-order valence-electron chi connectivity index (χ4n) is 2.51. The van der Waals surface area contributed by atoms with E-state index in [1.165, 1.54) is 29.8 Å². The number of carbonyl (C=O) groups is 1. The number of H-pyrrole nitrogens is 1. The van der Waals surface area contributed by atoms with Crippen LogP contribution in [-0.2, 0) is 11.2 Å². The first-order valence-corrected chi connectivity index (χ1v) is 6.86. The van der Waals surface area contributed by atoms with Crippen LogP contribution < -0.4 is 10.1 Å². The van der Waals surface area contributed by atoms with Gasteiger partial charge in [0.1, 0.15) is 0 Å². The highest BCUT2D eigenvalue weighted by atomic mass is 35.5. The second-order valence-electron chi connectivity index (χ2n) is 4.39. The van der Waals surface area contributed by atoms with Crippen molar-refractivity contribution in [2.75, 3.05) is 18.2 Å². The highest BCUT2D eigenvalue weighted by Crippen LogP contribution is 2.38. The molecule has 0 radical (unpaired) electrons. The van der Waals surface area contributed by atoms with Crippen LogP contribution in [0.25, 0.3) is 10.9 Å². The third-order valence-electron chi connectivity index (χ3n) is 3.17. The Balaban J connectivity index is 0.000000637. The lowest BCUT2D eigenvalue weighted by atomic mass is 10.0. The van der Waals surface area contributed by atoms with Crippen LogP contribution in [0.3, 0.4) is 0 Å². The third kappa shape index (κ3) is 2.40. The van der Waals surface area contributed by atoms with E-state index in [2.05, 4.69) is 28.8 Å². The molecule has 0 saturated carbocycles. The molecular formula is C14H17ClN2O2. The number of benzene rings is 1. The van der Waals surface area contributed by atoms with Gasteiger partial charge < -0.3 is 15.0 Å². The van der Waals surface area contributed by atoms with Crippen molar-refractivity contribution >= 4 is 34.2 Å². The van der Waals surface area contributed by atoms with Gasteiger partial charge in [0, 0.05) is 43.2 Å². The molecule has 0 atom stereocenters. The quantitative estimate of drug-likeness (QED) is 0.479. The van der Waals surface area contributed by atoms with E-state index in [0.29, 0.717) is 5.75 Å². The predicted octanol–water partition coefficient (Wildman–Crippen LogP) is 3.22. The molecule has 0 bridgehead atoms. The number of alkyl halides is 1. The van der Waals surface area contributed by atoms with Crippen molar-refractivity contribution < 1.29 is 9.53 Å². The number of anilines is 1. The average Bonchev–Trinajstić information content (AvgIpc) is 2.97. The Hall–Kier alpha value is -1.68. The number of rotatable bonds is 1. The SMILES string of the molecule is CC(=O)Oc1cc2c(c3c(C)c[nH]c13)CCN2.CCl. The second kappa shape index (κ2) is 5.53. The number of fused-ring (bicyclic) bond motifs is 3. The van der Waals surface area contributed by atoms with Gasteiger partial charge >= 0.3 is 5.97 Å². The number of nitrogens with one attached hydrogen (secondary N) is 2. The van der Waals surface area contributed by atoms with Crippen molar-refractivity contribution in [2.24, 2.45) is 0 Å². The standard InChI is InChI=1S/C13H14N2O2.CH3Cl/c1-7-6-15-13-11(17-8(2)16)5-10-9(12(7)13)3-4-14-10;1-2/h5-6,14-15H,3-4H2,1-2H3;1H3. The lowest BCUT2D eigenvalue weighted by molar-refractivity contribution is -0.131. The Morgan fingerprint density at radius 1 is 1.42 bits per heavy atom. The largest absolute Gasteiger partial charge is 0.424 e. The maximum Gasteiger partial charge on any atom is 0.308 e. The molecule has 0 unspecified atom stereocenters. The van der Waals surface area contributed by atoms with Crippen molar-refractivity contribution in [1.82, 2.24) is 4.98 Å². The van der Waals surface area contributed by atoms with Gasteiger partial charge in [-0.15, -0.1) is 11.6 Å². The third-order valence-corrected chi connectivity index (χ3v) is 3.17. The summed E-state index contributed by atoms with van der Waals surface area (Å²) in [5.74, 6) is 0.310. The molecule has 0 saturated heterocycles. The highest BCUT2D eigenvalue weighted by molar-refractivity contribution is 6.15. The minimum atomic E-state index is -0.295. The van der Waals surface area contributed by atoms with E-state index < -0.39 is 0 Å². The lowest BCUT2D eigenvalue weighted by Gasteiger charge is -2.08. The van der Waals surface area contributed by atoms with Crippen molar-refractivity contribution in [3.63, 3.8) is 0 Å². The number of halogens is 1. The maximum atomic E-state index is 11.1. The van der Waals surface area contributed by atoms with Gasteiger partial charge in [-0.2, -0.15) is 0 Å². The molecule has 0 spiro atoms. The Bertz CT molecular complexity index is 619. The van der Waals surface area contributed by atoms with Gasteiger partial charge in [0.15, 0.2) is 5.75 Å². The zero-order valence-corrected chi connectivity index (χ0v) is 12.0. The summed E-state index contributed by atoms with van der Waals surface area (Å²) in [6, 6.07) is 1.90. The monoisotopic (exact) mass is 280 g/mol. The first-order valence-electron chi connectivity index (χ1n) is 6.10. The molecule has 4 nitrogen and oxygen atoms in total. The van der Waals surface area contributed by atoms with E-state index in [1.54, 1.807) is 0 Å². The Labute approximate surface area is 117 Å². The number of aromatic nitrogens is 1. The maximum absolute atomic E-state index is 11.1. The fraction of sp³-hybridized carbons (Fsp3) is 0.357. The number of ether oxygens (including phenoxy) is 1. The summed E-state index contributed by atoms with van der Waals surface area (Å²) in [5.41, 5.74) is 4.50. The molecule has 2 N–H and O–H groups in total. The molecule has 1 aromatic heterocycles. The van der Waals surface area contributed by atoms with Gasteiger partial charge in [-0.3, -0.25) is 4.79 Å². The summed E-state index contributed by atoms with van der Waals surface area (Å²) >= 11 is 4.64. The summed E-state index contributed by atoms with van der Waals surface area (Å²) < 4.78 is 5.26. The van der Waals surface area contributed by atoms with Crippen molar-refractivity contribution in [3.05, 3.63) is 23.4 Å². The summed E-state index contributed by atoms with van der Waals surface area (Å²) in [6.45, 7) is 4.43. The van der Waals surface area contributed by atoms with Crippen LogP contribution in [0.2, 0.25) is 0 Å². The van der Waals surface area contributed by atoms with Crippen LogP contribution in [0.4, 0.5) is 5.69 Å². The van der Waals surface area contributed by atoms with E-state index in [-0.39, 0.29) is 5.97 Å². The molecule has 19 heavy (non-hydrogen) atoms. The van der Waals surface area contributed by atoms with E-state index >= 15 is 0 Å². The van der Waals surface area contributed by atoms with Crippen LogP contribution in [0, 0.1) is 6.92 Å². The molecule has 5 heteroatoms. The second-order valence-corrected chi connectivity index (χ2v) is 4.39. The molecule has 3 rings (SSSR count). The van der Waals surface area contributed by atoms with E-state index in [4.69, 9.17) is 4.74 Å². The normalized spacial score (nSPS) is 12.4. The zero-order chi connectivity index (χ0) is 14.0. The van der Waals surface area contributed by atoms with Crippen molar-refractivity contribution in [3.8, 4) is 5.75 Å². The average molecular weight is 281 g/mol. The van der Waals surface area contributed by atoms with E-state index in [9.17, 15) is 4.79 Å². The molecule has 1 aliphatic rings. The first-order chi connectivity index (χ1) is 9.16. The van der Waals surface area contributed by atoms with Crippen LogP contribution in [0.1, 0.15) is 18.1 Å². The van der Waals surface area contributed by atoms with E-state index in [1.807, 2.05) is 12.3 Å². The van der Waals surface area contributed by atoms with Gasteiger partial charge in [0.2, 0.25) is 0 Å². The molecule has 1 aromatic carbocycles. The summed E-state index contributed by atoms with van der Waals surface area (Å²) in [5, 5.41) is 4.50. The molecule has 0 fully saturated rings.